The van der Waals surface area contributed by atoms with Crippen LogP contribution in [0.5, 0.6) is 0 Å². The number of hydrogen-bond donors (Lipinski definition) is 1. The van der Waals surface area contributed by atoms with Crippen molar-refractivity contribution in [3.8, 4) is 0 Å². The summed E-state index contributed by atoms with van der Waals surface area (Å²) in [5.74, 6) is -1.07. The summed E-state index contributed by atoms with van der Waals surface area (Å²) >= 11 is 0. The average Bonchev–Trinajstić information content (AvgIpc) is 3.24. The summed E-state index contributed by atoms with van der Waals surface area (Å²) in [4.78, 5) is 16.9. The Bertz CT molecular complexity index is 1570. The van der Waals surface area contributed by atoms with E-state index in [1.807, 2.05) is 0 Å². The second kappa shape index (κ2) is 11.6. The van der Waals surface area contributed by atoms with Crippen LogP contribution >= 0.6 is 0 Å². The van der Waals surface area contributed by atoms with Gasteiger partial charge in [0.1, 0.15) is 17.4 Å². The van der Waals surface area contributed by atoms with Crippen LogP contribution in [-0.4, -0.2) is 76.9 Å². The van der Waals surface area contributed by atoms with Gasteiger partial charge in [-0.05, 0) is 42.2 Å². The lowest BCUT2D eigenvalue weighted by Crippen LogP contribution is -2.42. The number of rotatable bonds is 11. The maximum Gasteiger partial charge on any atom is 0.252 e. The van der Waals surface area contributed by atoms with Gasteiger partial charge in [-0.1, -0.05) is 19.1 Å². The van der Waals surface area contributed by atoms with Gasteiger partial charge in [-0.3, -0.25) is 9.10 Å². The number of amides is 1. The fraction of sp³-hybridized carbons (Fsp3) is 0.440. The first-order chi connectivity index (χ1) is 18.4. The van der Waals surface area contributed by atoms with Gasteiger partial charge in [0.05, 0.1) is 36.2 Å². The quantitative estimate of drug-likeness (QED) is 0.360. The molecule has 4 rings (SSSR count). The van der Waals surface area contributed by atoms with E-state index in [1.54, 1.807) is 25.1 Å². The molecule has 1 amide bonds. The van der Waals surface area contributed by atoms with Gasteiger partial charge >= 0.3 is 0 Å². The van der Waals surface area contributed by atoms with E-state index in [2.05, 4.69) is 4.98 Å². The summed E-state index contributed by atoms with van der Waals surface area (Å²) in [7, 11) is -7.44. The van der Waals surface area contributed by atoms with Crippen molar-refractivity contribution in [2.24, 2.45) is 5.73 Å². The molecule has 1 aliphatic heterocycles. The third-order valence-corrected chi connectivity index (χ3v) is 9.59. The Morgan fingerprint density at radius 1 is 1.15 bits per heavy atom. The first kappa shape index (κ1) is 28.9. The van der Waals surface area contributed by atoms with Gasteiger partial charge in [-0.15, -0.1) is 0 Å². The number of carbonyl (C=O) groups excluding carboxylic acids is 1. The Labute approximate surface area is 226 Å². The minimum atomic E-state index is -3.86. The number of anilines is 1. The van der Waals surface area contributed by atoms with Gasteiger partial charge in [0.15, 0.2) is 0 Å². The van der Waals surface area contributed by atoms with Crippen molar-refractivity contribution in [1.82, 2.24) is 9.29 Å². The van der Waals surface area contributed by atoms with E-state index < -0.39 is 31.8 Å². The molecule has 0 atom stereocenters. The number of aryl methyl sites for hydroxylation is 1. The van der Waals surface area contributed by atoms with Gasteiger partial charge in [-0.25, -0.2) is 21.2 Å². The third-order valence-electron chi connectivity index (χ3n) is 6.48. The number of aromatic nitrogens is 1. The normalized spacial score (nSPS) is 15.1. The van der Waals surface area contributed by atoms with Crippen LogP contribution in [0.25, 0.3) is 11.1 Å². The molecule has 212 valence electrons. The monoisotopic (exact) mass is 582 g/mol. The van der Waals surface area contributed by atoms with Crippen LogP contribution in [0.1, 0.15) is 40.6 Å². The number of fused-ring (bicyclic) bond motifs is 1. The van der Waals surface area contributed by atoms with Crippen LogP contribution in [0.2, 0.25) is 0 Å². The van der Waals surface area contributed by atoms with Crippen molar-refractivity contribution in [1.29, 1.82) is 0 Å². The number of benzene rings is 1. The van der Waals surface area contributed by atoms with Crippen LogP contribution in [-0.2, 0) is 37.6 Å². The second-order valence-electron chi connectivity index (χ2n) is 9.26. The third kappa shape index (κ3) is 6.57. The van der Waals surface area contributed by atoms with Crippen LogP contribution in [0.15, 0.2) is 34.7 Å². The lowest BCUT2D eigenvalue weighted by molar-refractivity contribution is 0.0730. The molecule has 3 aromatic rings. The molecule has 1 aromatic carbocycles. The average molecular weight is 583 g/mol. The summed E-state index contributed by atoms with van der Waals surface area (Å²) in [6.45, 7) is 2.84. The molecule has 39 heavy (non-hydrogen) atoms. The number of sulfonamides is 2. The molecular formula is C25H31FN4O7S2. The molecule has 0 saturated carbocycles. The number of ether oxygens (including phenoxy) is 1. The molecule has 0 spiro atoms. The molecule has 1 saturated heterocycles. The Morgan fingerprint density at radius 3 is 2.41 bits per heavy atom. The summed E-state index contributed by atoms with van der Waals surface area (Å²) in [5.41, 5.74) is 6.99. The highest BCUT2D eigenvalue weighted by atomic mass is 32.2. The van der Waals surface area contributed by atoms with Crippen molar-refractivity contribution in [2.45, 2.75) is 26.2 Å². The van der Waals surface area contributed by atoms with Crippen molar-refractivity contribution < 1.29 is 35.2 Å². The lowest BCUT2D eigenvalue weighted by Gasteiger charge is -2.27. The van der Waals surface area contributed by atoms with E-state index in [0.717, 1.165) is 10.6 Å². The van der Waals surface area contributed by atoms with E-state index in [-0.39, 0.29) is 61.1 Å². The molecule has 3 heterocycles. The zero-order valence-electron chi connectivity index (χ0n) is 21.7. The number of primary amides is 1. The number of nitrogens with two attached hydrogens (primary N) is 1. The molecule has 2 N–H and O–H groups in total. The van der Waals surface area contributed by atoms with Crippen molar-refractivity contribution in [3.05, 3.63) is 58.6 Å². The summed E-state index contributed by atoms with van der Waals surface area (Å²) in [6.07, 6.45) is 1.57. The zero-order valence-corrected chi connectivity index (χ0v) is 23.4. The maximum atomic E-state index is 13.3. The van der Waals surface area contributed by atoms with E-state index in [4.69, 9.17) is 14.9 Å². The highest BCUT2D eigenvalue weighted by Gasteiger charge is 2.28. The molecule has 1 fully saturated rings. The van der Waals surface area contributed by atoms with Crippen LogP contribution in [0.4, 0.5) is 10.2 Å². The van der Waals surface area contributed by atoms with E-state index in [1.165, 1.54) is 16.4 Å². The fourth-order valence-electron chi connectivity index (χ4n) is 4.54. The first-order valence-corrected chi connectivity index (χ1v) is 15.9. The fourth-order valence-corrected chi connectivity index (χ4v) is 6.93. The molecule has 0 aliphatic carbocycles. The molecule has 14 heteroatoms. The second-order valence-corrected chi connectivity index (χ2v) is 13.3. The molecule has 0 radical (unpaired) electrons. The van der Waals surface area contributed by atoms with Gasteiger partial charge in [0.2, 0.25) is 25.8 Å². The Hall–Kier alpha value is -3.07. The molecule has 0 bridgehead atoms. The maximum absolute atomic E-state index is 13.3. The van der Waals surface area contributed by atoms with Crippen LogP contribution in [0, 0.1) is 5.82 Å². The van der Waals surface area contributed by atoms with E-state index in [0.29, 0.717) is 36.1 Å². The Morgan fingerprint density at radius 2 is 1.82 bits per heavy atom. The number of carbonyl (C=O) groups is 1. The van der Waals surface area contributed by atoms with Crippen LogP contribution in [0.3, 0.4) is 0 Å². The number of hydrogen-bond acceptors (Lipinski definition) is 8. The molecule has 1 aliphatic rings. The lowest BCUT2D eigenvalue weighted by atomic mass is 10.0. The van der Waals surface area contributed by atoms with Crippen molar-refractivity contribution in [2.75, 3.05) is 49.2 Å². The number of nitrogens with zero attached hydrogens (tertiary/aromatic N) is 3. The van der Waals surface area contributed by atoms with Gasteiger partial charge in [0, 0.05) is 26.1 Å². The predicted molar refractivity (Wildman–Crippen MR) is 144 cm³/mol. The highest BCUT2D eigenvalue weighted by Crippen LogP contribution is 2.32. The molecule has 0 unspecified atom stereocenters. The minimum absolute atomic E-state index is 0.0164. The standard InChI is InChI=1S/C25H31FN4O7S2/c1-3-18-16-20-22(23(27)31)21(15-17-5-7-19(26)8-6-17)37-25(20)28-24(18)30(38(2,32)33)9-4-14-39(34,35)29-10-12-36-13-11-29/h5-8,16H,3-4,9-15H2,1-2H3,(H2,27,31). The first-order valence-electron chi connectivity index (χ1n) is 12.4. The largest absolute Gasteiger partial charge is 0.441 e. The SMILES string of the molecule is CCc1cc2c(C(N)=O)c(Cc3ccc(F)cc3)oc2nc1N(CCCS(=O)(=O)N1CCOCC1)S(C)(=O)=O. The van der Waals surface area contributed by atoms with Crippen molar-refractivity contribution in [3.63, 3.8) is 0 Å². The Balaban J connectivity index is 1.68. The molecule has 2 aromatic heterocycles. The summed E-state index contributed by atoms with van der Waals surface area (Å²) < 4.78 is 78.0. The van der Waals surface area contributed by atoms with E-state index in [9.17, 15) is 26.0 Å². The minimum Gasteiger partial charge on any atom is -0.441 e. The summed E-state index contributed by atoms with van der Waals surface area (Å²) in [6, 6.07) is 7.31. The van der Waals surface area contributed by atoms with Crippen LogP contribution < -0.4 is 10.0 Å². The van der Waals surface area contributed by atoms with Crippen molar-refractivity contribution >= 4 is 42.9 Å². The van der Waals surface area contributed by atoms with Gasteiger partial charge in [0.25, 0.3) is 5.91 Å². The van der Waals surface area contributed by atoms with Gasteiger partial charge < -0.3 is 14.9 Å². The van der Waals surface area contributed by atoms with Gasteiger partial charge in [-0.2, -0.15) is 9.29 Å². The van der Waals surface area contributed by atoms with E-state index >= 15 is 0 Å². The Kier molecular flexibility index (Phi) is 8.59. The topological polar surface area (TPSA) is 153 Å². The summed E-state index contributed by atoms with van der Waals surface area (Å²) in [5, 5.41) is 0.337. The number of furan rings is 1. The number of pyridine rings is 1. The number of morpholine rings is 1. The smallest absolute Gasteiger partial charge is 0.252 e. The predicted octanol–water partition coefficient (Wildman–Crippen LogP) is 2.04. The molecular weight excluding hydrogens is 551 g/mol. The zero-order chi connectivity index (χ0) is 28.4. The number of halogens is 1. The molecule has 11 nitrogen and oxygen atoms in total. The highest BCUT2D eigenvalue weighted by molar-refractivity contribution is 7.92.